The van der Waals surface area contributed by atoms with Crippen LogP contribution < -0.4 is 14.9 Å². The van der Waals surface area contributed by atoms with Gasteiger partial charge in [0, 0.05) is 18.5 Å². The van der Waals surface area contributed by atoms with Crippen molar-refractivity contribution in [1.29, 1.82) is 0 Å². The topological polar surface area (TPSA) is 89.7 Å². The van der Waals surface area contributed by atoms with Gasteiger partial charge in [0.05, 0.1) is 25.2 Å². The number of carbonyl (C=O) groups excluding carboxylic acids is 1. The van der Waals surface area contributed by atoms with Crippen molar-refractivity contribution in [2.24, 2.45) is 0 Å². The first-order chi connectivity index (χ1) is 13.1. The smallest absolute Gasteiger partial charge is 0.260 e. The maximum Gasteiger partial charge on any atom is 0.260 e. The van der Waals surface area contributed by atoms with E-state index in [1.165, 1.54) is 11.1 Å². The average Bonchev–Trinajstić information content (AvgIpc) is 3.12. The van der Waals surface area contributed by atoms with Crippen LogP contribution in [0.2, 0.25) is 0 Å². The standard InChI is InChI=1S/C19H18N4O4/c1-23-18(24)6-5-16(22-23)17-8-12-7-15(10-21-19(12)27-17)26-11-13-3-4-14(25-2)9-20-13/h3-10,16,22H,11H2,1-2H3. The quantitative estimate of drug-likeness (QED) is 0.741. The van der Waals surface area contributed by atoms with Gasteiger partial charge in [0.2, 0.25) is 5.71 Å². The van der Waals surface area contributed by atoms with Crippen LogP contribution >= 0.6 is 0 Å². The Bertz CT molecular complexity index is 997. The third kappa shape index (κ3) is 3.61. The summed E-state index contributed by atoms with van der Waals surface area (Å²) < 4.78 is 16.6. The van der Waals surface area contributed by atoms with Crippen molar-refractivity contribution >= 4 is 17.0 Å². The zero-order valence-corrected chi connectivity index (χ0v) is 14.9. The van der Waals surface area contributed by atoms with Gasteiger partial charge in [0.15, 0.2) is 0 Å². The van der Waals surface area contributed by atoms with Gasteiger partial charge in [-0.3, -0.25) is 14.8 Å². The summed E-state index contributed by atoms with van der Waals surface area (Å²) in [6.45, 7) is 0.321. The predicted molar refractivity (Wildman–Crippen MR) is 96.9 cm³/mol. The summed E-state index contributed by atoms with van der Waals surface area (Å²) in [5, 5.41) is 2.24. The fourth-order valence-electron chi connectivity index (χ4n) is 2.70. The molecule has 1 amide bonds. The monoisotopic (exact) mass is 366 g/mol. The molecule has 4 rings (SSSR count). The second kappa shape index (κ2) is 7.08. The molecule has 1 atom stereocenters. The van der Waals surface area contributed by atoms with Crippen molar-refractivity contribution in [2.45, 2.75) is 12.6 Å². The third-order valence-electron chi connectivity index (χ3n) is 4.19. The molecule has 1 N–H and O–H groups in total. The van der Waals surface area contributed by atoms with Gasteiger partial charge in [-0.25, -0.2) is 10.4 Å². The van der Waals surface area contributed by atoms with Gasteiger partial charge < -0.3 is 13.9 Å². The number of carbonyl (C=O) groups is 1. The molecule has 0 aromatic carbocycles. The number of hydrazine groups is 1. The molecule has 0 saturated heterocycles. The molecule has 0 saturated carbocycles. The zero-order chi connectivity index (χ0) is 18.8. The Balaban J connectivity index is 1.49. The van der Waals surface area contributed by atoms with E-state index in [1.807, 2.05) is 24.3 Å². The molecule has 27 heavy (non-hydrogen) atoms. The van der Waals surface area contributed by atoms with Gasteiger partial charge in [-0.1, -0.05) is 6.08 Å². The Morgan fingerprint density at radius 2 is 2.07 bits per heavy atom. The SMILES string of the molecule is COc1ccc(COc2cnc3oc(C4C=CC(=O)N(C)N4)cc3c2)nc1. The first-order valence-corrected chi connectivity index (χ1v) is 8.35. The molecule has 8 nitrogen and oxygen atoms in total. The number of ether oxygens (including phenoxy) is 2. The number of methoxy groups -OCH3 is 1. The molecule has 3 aromatic rings. The zero-order valence-electron chi connectivity index (χ0n) is 14.9. The van der Waals surface area contributed by atoms with Crippen LogP contribution in [0, 0.1) is 0 Å². The number of nitrogens with zero attached hydrogens (tertiary/aromatic N) is 3. The van der Waals surface area contributed by atoms with Gasteiger partial charge >= 0.3 is 0 Å². The van der Waals surface area contributed by atoms with E-state index in [-0.39, 0.29) is 11.9 Å². The van der Waals surface area contributed by atoms with E-state index in [0.29, 0.717) is 29.6 Å². The van der Waals surface area contributed by atoms with Crippen LogP contribution in [0.1, 0.15) is 17.5 Å². The molecule has 3 aromatic heterocycles. The number of hydrogen-bond acceptors (Lipinski definition) is 7. The molecule has 1 aliphatic heterocycles. The fraction of sp³-hybridized carbons (Fsp3) is 0.211. The lowest BCUT2D eigenvalue weighted by Gasteiger charge is -2.25. The van der Waals surface area contributed by atoms with Gasteiger partial charge in [0.1, 0.15) is 29.9 Å². The lowest BCUT2D eigenvalue weighted by molar-refractivity contribution is -0.128. The first-order valence-electron chi connectivity index (χ1n) is 8.35. The second-order valence-electron chi connectivity index (χ2n) is 6.06. The molecule has 1 aliphatic rings. The Morgan fingerprint density at radius 3 is 2.81 bits per heavy atom. The van der Waals surface area contributed by atoms with E-state index in [4.69, 9.17) is 13.9 Å². The van der Waals surface area contributed by atoms with Gasteiger partial charge in [-0.2, -0.15) is 0 Å². The Kier molecular flexibility index (Phi) is 4.47. The van der Waals surface area contributed by atoms with Gasteiger partial charge in [0.25, 0.3) is 5.91 Å². The van der Waals surface area contributed by atoms with Crippen molar-refractivity contribution in [1.82, 2.24) is 20.4 Å². The number of rotatable bonds is 5. The maximum atomic E-state index is 11.5. The van der Waals surface area contributed by atoms with Crippen LogP contribution in [0.3, 0.4) is 0 Å². The number of amides is 1. The number of furan rings is 1. The minimum absolute atomic E-state index is 0.108. The van der Waals surface area contributed by atoms with E-state index >= 15 is 0 Å². The van der Waals surface area contributed by atoms with Crippen LogP contribution in [-0.2, 0) is 11.4 Å². The highest BCUT2D eigenvalue weighted by atomic mass is 16.5. The number of pyridine rings is 2. The molecule has 8 heteroatoms. The predicted octanol–water partition coefficient (Wildman–Crippen LogP) is 2.38. The average molecular weight is 366 g/mol. The molecule has 4 heterocycles. The minimum atomic E-state index is -0.227. The number of aromatic nitrogens is 2. The van der Waals surface area contributed by atoms with Crippen molar-refractivity contribution < 1.29 is 18.7 Å². The lowest BCUT2D eigenvalue weighted by Crippen LogP contribution is -2.43. The Hall–Kier alpha value is -3.39. The summed E-state index contributed by atoms with van der Waals surface area (Å²) in [5.41, 5.74) is 4.33. The molecule has 0 aliphatic carbocycles. The van der Waals surface area contributed by atoms with E-state index in [1.54, 1.807) is 32.6 Å². The summed E-state index contributed by atoms with van der Waals surface area (Å²) in [7, 11) is 3.26. The highest BCUT2D eigenvalue weighted by molar-refractivity contribution is 5.88. The lowest BCUT2D eigenvalue weighted by atomic mass is 10.2. The summed E-state index contributed by atoms with van der Waals surface area (Å²) in [5.74, 6) is 1.88. The molecule has 1 unspecified atom stereocenters. The molecule has 0 bridgehead atoms. The van der Waals surface area contributed by atoms with Gasteiger partial charge in [-0.15, -0.1) is 0 Å². The molecule has 138 valence electrons. The number of nitrogens with one attached hydrogen (secondary N) is 1. The number of hydrogen-bond donors (Lipinski definition) is 1. The highest BCUT2D eigenvalue weighted by Gasteiger charge is 2.21. The summed E-state index contributed by atoms with van der Waals surface area (Å²) in [6.07, 6.45) is 6.53. The third-order valence-corrected chi connectivity index (χ3v) is 4.19. The summed E-state index contributed by atoms with van der Waals surface area (Å²) in [4.78, 5) is 20.1. The van der Waals surface area contributed by atoms with Crippen LogP contribution in [0.5, 0.6) is 11.5 Å². The molecule has 0 spiro atoms. The first kappa shape index (κ1) is 17.0. The molecular formula is C19H18N4O4. The normalized spacial score (nSPS) is 16.7. The largest absolute Gasteiger partial charge is 0.495 e. The number of likely N-dealkylation sites (N-methyl/N-ethyl adjacent to an activating group) is 1. The highest BCUT2D eigenvalue weighted by Crippen LogP contribution is 2.27. The molecule has 0 radical (unpaired) electrons. The van der Waals surface area contributed by atoms with E-state index in [2.05, 4.69) is 15.4 Å². The van der Waals surface area contributed by atoms with Crippen LogP contribution in [0.25, 0.3) is 11.1 Å². The van der Waals surface area contributed by atoms with E-state index in [9.17, 15) is 4.79 Å². The Labute approximate surface area is 155 Å². The van der Waals surface area contributed by atoms with Crippen LogP contribution in [0.4, 0.5) is 0 Å². The Morgan fingerprint density at radius 1 is 1.22 bits per heavy atom. The fourth-order valence-corrected chi connectivity index (χ4v) is 2.70. The summed E-state index contributed by atoms with van der Waals surface area (Å²) >= 11 is 0. The minimum Gasteiger partial charge on any atom is -0.495 e. The second-order valence-corrected chi connectivity index (χ2v) is 6.06. The van der Waals surface area contributed by atoms with Crippen LogP contribution in [-0.4, -0.2) is 35.0 Å². The molecular weight excluding hydrogens is 348 g/mol. The molecule has 0 fully saturated rings. The maximum absolute atomic E-state index is 11.5. The van der Waals surface area contributed by atoms with E-state index < -0.39 is 0 Å². The van der Waals surface area contributed by atoms with Crippen molar-refractivity contribution in [3.05, 3.63) is 60.3 Å². The van der Waals surface area contributed by atoms with Crippen molar-refractivity contribution in [2.75, 3.05) is 14.2 Å². The van der Waals surface area contributed by atoms with Gasteiger partial charge in [-0.05, 0) is 24.3 Å². The van der Waals surface area contributed by atoms with Crippen molar-refractivity contribution in [3.63, 3.8) is 0 Å². The van der Waals surface area contributed by atoms with Crippen molar-refractivity contribution in [3.8, 4) is 11.5 Å². The van der Waals surface area contributed by atoms with E-state index in [0.717, 1.165) is 11.1 Å². The summed E-state index contributed by atoms with van der Waals surface area (Å²) in [6, 6.07) is 7.20. The van der Waals surface area contributed by atoms with Crippen LogP contribution in [0.15, 0.2) is 53.2 Å². The number of fused-ring (bicyclic) bond motifs is 1.